The van der Waals surface area contributed by atoms with Gasteiger partial charge in [0, 0.05) is 6.20 Å². The van der Waals surface area contributed by atoms with Crippen molar-refractivity contribution >= 4 is 15.9 Å². The summed E-state index contributed by atoms with van der Waals surface area (Å²) in [6.45, 7) is 2.06. The molecule has 0 atom stereocenters. The fourth-order valence-corrected chi connectivity index (χ4v) is 1.90. The second-order valence-electron chi connectivity index (χ2n) is 3.51. The van der Waals surface area contributed by atoms with Crippen LogP contribution in [-0.2, 0) is 6.42 Å². The third kappa shape index (κ3) is 2.09. The Morgan fingerprint density at radius 3 is 2.94 bits per heavy atom. The van der Waals surface area contributed by atoms with E-state index in [1.165, 1.54) is 0 Å². The summed E-state index contributed by atoms with van der Waals surface area (Å²) in [7, 11) is 0. The average Bonchev–Trinajstić information content (AvgIpc) is 2.78. The fraction of sp³-hybridized carbons (Fsp3) is 0.273. The Kier molecular flexibility index (Phi) is 3.24. The summed E-state index contributed by atoms with van der Waals surface area (Å²) in [4.78, 5) is 21.9. The van der Waals surface area contributed by atoms with Gasteiger partial charge in [-0.25, -0.2) is 4.98 Å². The van der Waals surface area contributed by atoms with Gasteiger partial charge in [-0.05, 0) is 34.5 Å². The summed E-state index contributed by atoms with van der Waals surface area (Å²) in [6.07, 6.45) is 3.55. The Bertz CT molecular complexity index is 531. The van der Waals surface area contributed by atoms with Gasteiger partial charge in [-0.15, -0.1) is 0 Å². The van der Waals surface area contributed by atoms with Gasteiger partial charge in [0.05, 0.1) is 11.4 Å². The number of nitrogens with one attached hydrogen (secondary N) is 2. The normalized spacial score (nSPS) is 10.6. The van der Waals surface area contributed by atoms with Crippen molar-refractivity contribution < 1.29 is 0 Å². The number of halogens is 1. The topological polar surface area (TPSA) is 61.5 Å². The number of aromatic nitrogens is 3. The van der Waals surface area contributed by atoms with Gasteiger partial charge in [-0.1, -0.05) is 13.3 Å². The molecule has 0 aromatic carbocycles. The zero-order valence-electron chi connectivity index (χ0n) is 8.88. The molecule has 0 aliphatic heterocycles. The minimum Gasteiger partial charge on any atom is -0.359 e. The predicted molar refractivity (Wildman–Crippen MR) is 66.3 cm³/mol. The van der Waals surface area contributed by atoms with E-state index in [9.17, 15) is 4.79 Å². The van der Waals surface area contributed by atoms with Crippen LogP contribution in [0.25, 0.3) is 11.5 Å². The summed E-state index contributed by atoms with van der Waals surface area (Å²) in [5.41, 5.74) is 1.49. The number of nitrogens with zero attached hydrogens (tertiary/aromatic N) is 1. The second kappa shape index (κ2) is 4.65. The summed E-state index contributed by atoms with van der Waals surface area (Å²) in [6, 6.07) is 3.75. The number of aromatic amines is 2. The van der Waals surface area contributed by atoms with Crippen LogP contribution in [0.2, 0.25) is 0 Å². The highest BCUT2D eigenvalue weighted by molar-refractivity contribution is 9.10. The first-order valence-corrected chi connectivity index (χ1v) is 5.94. The SMILES string of the molecule is CCCc1nc(-c2ccc[nH]2)[nH]c(=O)c1Br. The lowest BCUT2D eigenvalue weighted by Crippen LogP contribution is -2.13. The molecular weight excluding hydrogens is 270 g/mol. The Hall–Kier alpha value is -1.36. The van der Waals surface area contributed by atoms with Crippen molar-refractivity contribution in [2.45, 2.75) is 19.8 Å². The van der Waals surface area contributed by atoms with Crippen LogP contribution in [0, 0.1) is 0 Å². The molecule has 5 heteroatoms. The van der Waals surface area contributed by atoms with Crippen molar-refractivity contribution in [3.63, 3.8) is 0 Å². The molecule has 16 heavy (non-hydrogen) atoms. The van der Waals surface area contributed by atoms with E-state index in [-0.39, 0.29) is 5.56 Å². The number of hydrogen-bond acceptors (Lipinski definition) is 2. The van der Waals surface area contributed by atoms with Gasteiger partial charge in [0.15, 0.2) is 5.82 Å². The van der Waals surface area contributed by atoms with E-state index in [1.54, 1.807) is 6.20 Å². The number of rotatable bonds is 3. The summed E-state index contributed by atoms with van der Waals surface area (Å²) >= 11 is 3.26. The highest BCUT2D eigenvalue weighted by Gasteiger charge is 2.09. The first-order valence-electron chi connectivity index (χ1n) is 5.14. The van der Waals surface area contributed by atoms with Gasteiger partial charge in [0.2, 0.25) is 0 Å². The standard InChI is InChI=1S/C11H12BrN3O/c1-2-4-7-9(12)11(16)15-10(14-7)8-5-3-6-13-8/h3,5-6,13H,2,4H2,1H3,(H,14,15,16). The van der Waals surface area contributed by atoms with Crippen LogP contribution in [0.3, 0.4) is 0 Å². The lowest BCUT2D eigenvalue weighted by Gasteiger charge is -2.04. The van der Waals surface area contributed by atoms with E-state index >= 15 is 0 Å². The van der Waals surface area contributed by atoms with E-state index in [0.717, 1.165) is 24.2 Å². The smallest absolute Gasteiger partial charge is 0.265 e. The largest absolute Gasteiger partial charge is 0.359 e. The predicted octanol–water partition coefficient (Wildman–Crippen LogP) is 2.48. The van der Waals surface area contributed by atoms with Crippen molar-refractivity contribution in [2.24, 2.45) is 0 Å². The first-order chi connectivity index (χ1) is 7.72. The number of aryl methyl sites for hydroxylation is 1. The fourth-order valence-electron chi connectivity index (χ4n) is 1.51. The first kappa shape index (κ1) is 11.1. The minimum absolute atomic E-state index is 0.136. The molecule has 0 unspecified atom stereocenters. The maximum atomic E-state index is 11.7. The summed E-state index contributed by atoms with van der Waals surface area (Å²) < 4.78 is 0.532. The Balaban J connectivity index is 2.53. The lowest BCUT2D eigenvalue weighted by molar-refractivity contribution is 0.860. The molecule has 0 saturated carbocycles. The molecular formula is C11H12BrN3O. The monoisotopic (exact) mass is 281 g/mol. The van der Waals surface area contributed by atoms with Crippen LogP contribution in [-0.4, -0.2) is 15.0 Å². The molecule has 0 spiro atoms. The van der Waals surface area contributed by atoms with Gasteiger partial charge in [0.25, 0.3) is 5.56 Å². The Morgan fingerprint density at radius 2 is 2.31 bits per heavy atom. The third-order valence-corrected chi connectivity index (χ3v) is 3.09. The highest BCUT2D eigenvalue weighted by atomic mass is 79.9. The number of H-pyrrole nitrogens is 2. The van der Waals surface area contributed by atoms with Crippen LogP contribution < -0.4 is 5.56 Å². The van der Waals surface area contributed by atoms with Crippen LogP contribution in [0.15, 0.2) is 27.6 Å². The van der Waals surface area contributed by atoms with E-state index in [0.29, 0.717) is 10.3 Å². The number of hydrogen-bond donors (Lipinski definition) is 2. The maximum absolute atomic E-state index is 11.7. The van der Waals surface area contributed by atoms with Crippen LogP contribution in [0.4, 0.5) is 0 Å². The molecule has 0 aliphatic carbocycles. The maximum Gasteiger partial charge on any atom is 0.265 e. The van der Waals surface area contributed by atoms with Crippen molar-refractivity contribution in [3.8, 4) is 11.5 Å². The molecule has 0 saturated heterocycles. The zero-order valence-corrected chi connectivity index (χ0v) is 10.5. The van der Waals surface area contributed by atoms with E-state index in [2.05, 4.69) is 37.8 Å². The van der Waals surface area contributed by atoms with Crippen LogP contribution in [0.5, 0.6) is 0 Å². The molecule has 0 radical (unpaired) electrons. The van der Waals surface area contributed by atoms with E-state index in [4.69, 9.17) is 0 Å². The van der Waals surface area contributed by atoms with Crippen molar-refractivity contribution in [2.75, 3.05) is 0 Å². The molecule has 2 aromatic heterocycles. The molecule has 0 bridgehead atoms. The quantitative estimate of drug-likeness (QED) is 0.908. The van der Waals surface area contributed by atoms with E-state index < -0.39 is 0 Å². The molecule has 2 heterocycles. The summed E-state index contributed by atoms with van der Waals surface area (Å²) in [5, 5.41) is 0. The Labute approximate surface area is 101 Å². The molecule has 2 aromatic rings. The van der Waals surface area contributed by atoms with Crippen LogP contribution >= 0.6 is 15.9 Å². The average molecular weight is 282 g/mol. The third-order valence-electron chi connectivity index (χ3n) is 2.27. The summed E-state index contributed by atoms with van der Waals surface area (Å²) in [5.74, 6) is 0.585. The molecule has 84 valence electrons. The van der Waals surface area contributed by atoms with Gasteiger partial charge < -0.3 is 9.97 Å². The van der Waals surface area contributed by atoms with Gasteiger partial charge in [-0.2, -0.15) is 0 Å². The van der Waals surface area contributed by atoms with E-state index in [1.807, 2.05) is 12.1 Å². The van der Waals surface area contributed by atoms with Crippen molar-refractivity contribution in [1.29, 1.82) is 0 Å². The molecule has 2 N–H and O–H groups in total. The molecule has 0 aliphatic rings. The lowest BCUT2D eigenvalue weighted by atomic mass is 10.2. The minimum atomic E-state index is -0.136. The zero-order chi connectivity index (χ0) is 11.5. The van der Waals surface area contributed by atoms with Gasteiger partial charge in [-0.3, -0.25) is 4.79 Å². The molecule has 2 rings (SSSR count). The highest BCUT2D eigenvalue weighted by Crippen LogP contribution is 2.16. The molecule has 4 nitrogen and oxygen atoms in total. The van der Waals surface area contributed by atoms with Crippen LogP contribution in [0.1, 0.15) is 19.0 Å². The molecule has 0 amide bonds. The Morgan fingerprint density at radius 1 is 1.50 bits per heavy atom. The van der Waals surface area contributed by atoms with Gasteiger partial charge in [0.1, 0.15) is 4.47 Å². The second-order valence-corrected chi connectivity index (χ2v) is 4.30. The molecule has 0 fully saturated rings. The van der Waals surface area contributed by atoms with Crippen molar-refractivity contribution in [1.82, 2.24) is 15.0 Å². The van der Waals surface area contributed by atoms with Gasteiger partial charge >= 0.3 is 0 Å². The van der Waals surface area contributed by atoms with Crippen molar-refractivity contribution in [3.05, 3.63) is 38.9 Å².